The molecule has 0 spiro atoms. The van der Waals surface area contributed by atoms with Gasteiger partial charge in [0.05, 0.1) is 16.1 Å². The van der Waals surface area contributed by atoms with Crippen molar-refractivity contribution in [1.82, 2.24) is 0 Å². The summed E-state index contributed by atoms with van der Waals surface area (Å²) in [5.74, 6) is 1.80. The molecule has 0 radical (unpaired) electrons. The molecule has 0 N–H and O–H groups in total. The molecule has 0 aromatic carbocycles. The van der Waals surface area contributed by atoms with Crippen molar-refractivity contribution in [1.29, 1.82) is 0 Å². The normalized spacial score (nSPS) is 16.9. The lowest BCUT2D eigenvalue weighted by Crippen LogP contribution is -2.58. The van der Waals surface area contributed by atoms with Crippen LogP contribution in [0.2, 0.25) is 51.4 Å². The zero-order chi connectivity index (χ0) is 26.0. The minimum atomic E-state index is -1.79. The average molecular weight is 563 g/mol. The Kier molecular flexibility index (Phi) is 10.0. The Morgan fingerprint density at radius 3 is 1.31 bits per heavy atom. The van der Waals surface area contributed by atoms with Gasteiger partial charge in [-0.25, -0.2) is 0 Å². The third-order valence-electron chi connectivity index (χ3n) is 8.54. The van der Waals surface area contributed by atoms with Gasteiger partial charge < -0.3 is 0 Å². The van der Waals surface area contributed by atoms with Gasteiger partial charge in [0, 0.05) is 9.75 Å². The predicted octanol–water partition coefficient (Wildman–Crippen LogP) is 8.88. The molecule has 0 nitrogen and oxygen atoms in total. The highest BCUT2D eigenvalue weighted by Crippen LogP contribution is 2.43. The van der Waals surface area contributed by atoms with Crippen LogP contribution < -0.4 is 19.4 Å². The lowest BCUT2D eigenvalue weighted by atomic mass is 10.0. The minimum Gasteiger partial charge on any atom is -0.144 e. The summed E-state index contributed by atoms with van der Waals surface area (Å²) in [6.07, 6.45) is 11.1. The van der Waals surface area contributed by atoms with Gasteiger partial charge in [-0.05, 0) is 43.3 Å². The van der Waals surface area contributed by atoms with Crippen LogP contribution in [0.1, 0.15) is 79.1 Å². The topological polar surface area (TPSA) is 0 Å². The molecule has 3 heterocycles. The summed E-state index contributed by atoms with van der Waals surface area (Å²) in [7, 11) is -4.44. The summed E-state index contributed by atoms with van der Waals surface area (Å²) in [6.45, 7) is 25.1. The molecule has 198 valence electrons. The molecule has 2 aromatic rings. The summed E-state index contributed by atoms with van der Waals surface area (Å²) in [5, 5.41) is 3.79. The van der Waals surface area contributed by atoms with Crippen LogP contribution in [0.3, 0.4) is 0 Å². The molecule has 0 aliphatic carbocycles. The number of hydrogen-bond donors (Lipinski definition) is 0. The van der Waals surface area contributed by atoms with E-state index in [0.717, 1.165) is 11.8 Å². The van der Waals surface area contributed by atoms with Crippen LogP contribution in [0.4, 0.5) is 0 Å². The zero-order valence-electron chi connectivity index (χ0n) is 24.7. The van der Waals surface area contributed by atoms with Crippen LogP contribution in [0, 0.1) is 11.8 Å². The Labute approximate surface area is 229 Å². The standard InChI is InChI=1S/C30H54S2Si3/c1-11-15-17-23(13-3)21-35(22-24(14-4)18-16-12-2)25-19-27(33(5,6)7)31-29(25)30-26(35)20-28(32-30)34(8,9)10/h19-20,23-24H,11-18,21-22H2,1-10H3. The quantitative estimate of drug-likeness (QED) is 0.202. The average Bonchev–Trinajstić information content (AvgIpc) is 3.47. The predicted molar refractivity (Wildman–Crippen MR) is 175 cm³/mol. The van der Waals surface area contributed by atoms with Crippen molar-refractivity contribution in [2.24, 2.45) is 11.8 Å². The molecule has 2 aromatic heterocycles. The van der Waals surface area contributed by atoms with E-state index in [2.05, 4.69) is 102 Å². The van der Waals surface area contributed by atoms with Crippen molar-refractivity contribution in [3.8, 4) is 9.75 Å². The fraction of sp³-hybridized carbons (Fsp3) is 0.733. The lowest BCUT2D eigenvalue weighted by Gasteiger charge is -2.36. The van der Waals surface area contributed by atoms with Gasteiger partial charge in [-0.3, -0.25) is 0 Å². The Morgan fingerprint density at radius 2 is 1.03 bits per heavy atom. The smallest absolute Gasteiger partial charge is 0.122 e. The lowest BCUT2D eigenvalue weighted by molar-refractivity contribution is 0.469. The van der Waals surface area contributed by atoms with Gasteiger partial charge >= 0.3 is 0 Å². The van der Waals surface area contributed by atoms with Crippen LogP contribution in [0.15, 0.2) is 12.1 Å². The highest BCUT2D eigenvalue weighted by molar-refractivity contribution is 7.38. The Bertz CT molecular complexity index is 879. The van der Waals surface area contributed by atoms with Gasteiger partial charge in [0.15, 0.2) is 0 Å². The first kappa shape index (κ1) is 29.6. The maximum Gasteiger partial charge on any atom is 0.122 e. The SMILES string of the molecule is CCCCC(CC)C[Si]1(CC(CC)CCCC)c2cc([Si](C)(C)C)sc2-c2sc([Si](C)(C)C)cc21. The van der Waals surface area contributed by atoms with Gasteiger partial charge in [0.1, 0.15) is 8.07 Å². The Balaban J connectivity index is 2.23. The summed E-state index contributed by atoms with van der Waals surface area (Å²) in [4.78, 5) is 3.49. The molecule has 3 rings (SSSR count). The summed E-state index contributed by atoms with van der Waals surface area (Å²) in [5.41, 5.74) is 0. The van der Waals surface area contributed by atoms with E-state index in [4.69, 9.17) is 0 Å². The Morgan fingerprint density at radius 1 is 0.657 bits per heavy atom. The van der Waals surface area contributed by atoms with Crippen LogP contribution >= 0.6 is 22.7 Å². The molecule has 0 saturated heterocycles. The van der Waals surface area contributed by atoms with Gasteiger partial charge in [0.2, 0.25) is 0 Å². The Hall–Kier alpha value is 0.0506. The number of thiophene rings is 2. The van der Waals surface area contributed by atoms with Gasteiger partial charge in [0.25, 0.3) is 0 Å². The van der Waals surface area contributed by atoms with Gasteiger partial charge in [-0.15, -0.1) is 22.7 Å². The van der Waals surface area contributed by atoms with Crippen LogP contribution in [0.25, 0.3) is 9.75 Å². The zero-order valence-corrected chi connectivity index (χ0v) is 29.3. The number of rotatable bonds is 14. The molecule has 0 saturated carbocycles. The molecule has 1 aliphatic rings. The van der Waals surface area contributed by atoms with Crippen molar-refractivity contribution in [2.75, 3.05) is 0 Å². The first-order chi connectivity index (χ1) is 16.4. The first-order valence-corrected chi connectivity index (χ1v) is 25.8. The maximum absolute atomic E-state index is 2.80. The van der Waals surface area contributed by atoms with Gasteiger partial charge in [-0.1, -0.05) is 130 Å². The highest BCUT2D eigenvalue weighted by atomic mass is 32.1. The molecule has 0 bridgehead atoms. The summed E-state index contributed by atoms with van der Waals surface area (Å²) < 4.78 is 3.52. The van der Waals surface area contributed by atoms with Crippen molar-refractivity contribution in [3.05, 3.63) is 12.1 Å². The van der Waals surface area contributed by atoms with Crippen LogP contribution in [-0.2, 0) is 0 Å². The second kappa shape index (κ2) is 11.8. The largest absolute Gasteiger partial charge is 0.144 e. The van der Waals surface area contributed by atoms with Crippen molar-refractivity contribution >= 4 is 66.3 Å². The molecule has 35 heavy (non-hydrogen) atoms. The third-order valence-corrected chi connectivity index (χ3v) is 23.9. The molecule has 1 aliphatic heterocycles. The fourth-order valence-corrected chi connectivity index (χ4v) is 20.5. The second-order valence-corrected chi connectivity index (χ2v) is 30.5. The second-order valence-electron chi connectivity index (χ2n) is 13.5. The molecular formula is C30H54S2Si3. The van der Waals surface area contributed by atoms with E-state index in [1.807, 2.05) is 10.4 Å². The van der Waals surface area contributed by atoms with Crippen molar-refractivity contribution in [3.63, 3.8) is 0 Å². The molecule has 5 heteroatoms. The molecule has 0 fully saturated rings. The van der Waals surface area contributed by atoms with Crippen LogP contribution in [-0.4, -0.2) is 24.2 Å². The fourth-order valence-electron chi connectivity index (χ4n) is 6.11. The van der Waals surface area contributed by atoms with Crippen LogP contribution in [0.5, 0.6) is 0 Å². The number of fused-ring (bicyclic) bond motifs is 3. The van der Waals surface area contributed by atoms with E-state index in [9.17, 15) is 0 Å². The first-order valence-electron chi connectivity index (χ1n) is 14.7. The molecule has 2 unspecified atom stereocenters. The molecular weight excluding hydrogens is 509 g/mol. The third kappa shape index (κ3) is 6.38. The van der Waals surface area contributed by atoms with Gasteiger partial charge in [-0.2, -0.15) is 0 Å². The summed E-state index contributed by atoms with van der Waals surface area (Å²) in [6, 6.07) is 8.63. The monoisotopic (exact) mass is 562 g/mol. The van der Waals surface area contributed by atoms with E-state index >= 15 is 0 Å². The van der Waals surface area contributed by atoms with E-state index in [1.54, 1.807) is 18.8 Å². The van der Waals surface area contributed by atoms with E-state index in [-0.39, 0.29) is 0 Å². The minimum absolute atomic E-state index is 0.898. The van der Waals surface area contributed by atoms with E-state index < -0.39 is 24.2 Å². The summed E-state index contributed by atoms with van der Waals surface area (Å²) >= 11 is 4.45. The van der Waals surface area contributed by atoms with Crippen molar-refractivity contribution < 1.29 is 0 Å². The van der Waals surface area contributed by atoms with Crippen molar-refractivity contribution in [2.45, 2.75) is 130 Å². The van der Waals surface area contributed by atoms with E-state index in [0.29, 0.717) is 0 Å². The molecule has 2 atom stereocenters. The molecule has 0 amide bonds. The highest BCUT2D eigenvalue weighted by Gasteiger charge is 2.50. The number of hydrogen-bond acceptors (Lipinski definition) is 2. The van der Waals surface area contributed by atoms with E-state index in [1.165, 1.54) is 63.5 Å². The maximum atomic E-state index is 2.80. The number of unbranched alkanes of at least 4 members (excludes halogenated alkanes) is 2.